The minimum Gasteiger partial charge on any atom is -0.352 e. The Kier molecular flexibility index (Phi) is 11.8. The zero-order chi connectivity index (χ0) is 25.2. The van der Waals surface area contributed by atoms with Gasteiger partial charge in [-0.15, -0.1) is 6.58 Å². The molecule has 0 amide bonds. The first kappa shape index (κ1) is 28.3. The van der Waals surface area contributed by atoms with Gasteiger partial charge in [0.05, 0.1) is 13.2 Å². The van der Waals surface area contributed by atoms with Crippen molar-refractivity contribution in [1.29, 1.82) is 0 Å². The summed E-state index contributed by atoms with van der Waals surface area (Å²) in [6.45, 7) is 5.46. The van der Waals surface area contributed by atoms with Crippen LogP contribution in [0.5, 0.6) is 0 Å². The van der Waals surface area contributed by atoms with Crippen LogP contribution in [0.2, 0.25) is 0 Å². The fraction of sp³-hybridized carbons (Fsp3) is 0.875. The third kappa shape index (κ3) is 8.93. The number of allylic oxidation sites excluding steroid dienone is 2. The average Bonchev–Trinajstić information content (AvgIpc) is 2.92. The van der Waals surface area contributed by atoms with Crippen molar-refractivity contribution in [3.63, 3.8) is 0 Å². The van der Waals surface area contributed by atoms with Gasteiger partial charge >= 0.3 is 0 Å². The van der Waals surface area contributed by atoms with E-state index >= 15 is 0 Å². The Balaban J connectivity index is 1.03. The monoisotopic (exact) mass is 506 g/mol. The second-order valence-electron chi connectivity index (χ2n) is 12.7. The maximum absolute atomic E-state index is 12.2. The van der Waals surface area contributed by atoms with E-state index in [1.807, 2.05) is 0 Å². The van der Waals surface area contributed by atoms with Gasteiger partial charge in [-0.25, -0.2) is 0 Å². The number of ether oxygens (including phenoxy) is 2. The molecule has 0 bridgehead atoms. The average molecular weight is 507 g/mol. The molecule has 206 valence electrons. The molecule has 4 fully saturated rings. The highest BCUT2D eigenvalue weighted by Gasteiger charge is 2.35. The number of halogens is 2. The van der Waals surface area contributed by atoms with Gasteiger partial charge in [0.15, 0.2) is 6.29 Å². The summed E-state index contributed by atoms with van der Waals surface area (Å²) < 4.78 is 36.1. The van der Waals surface area contributed by atoms with E-state index in [1.54, 1.807) is 0 Å². The lowest BCUT2D eigenvalue weighted by Gasteiger charge is -2.41. The molecule has 36 heavy (non-hydrogen) atoms. The summed E-state index contributed by atoms with van der Waals surface area (Å²) >= 11 is 0. The van der Waals surface area contributed by atoms with Crippen molar-refractivity contribution >= 4 is 0 Å². The molecule has 1 aliphatic heterocycles. The molecule has 3 saturated carbocycles. The predicted octanol–water partition coefficient (Wildman–Crippen LogP) is 9.70. The van der Waals surface area contributed by atoms with Gasteiger partial charge in [0, 0.05) is 12.3 Å². The molecule has 0 atom stereocenters. The molecule has 0 radical (unpaired) electrons. The molecule has 1 heterocycles. The lowest BCUT2D eigenvalue weighted by atomic mass is 9.67. The van der Waals surface area contributed by atoms with E-state index < -0.39 is 6.08 Å². The number of unbranched alkanes of at least 4 members (excludes halogenated alkanes) is 1. The van der Waals surface area contributed by atoms with Gasteiger partial charge in [-0.2, -0.15) is 8.78 Å². The normalized spacial score (nSPS) is 37.8. The zero-order valence-electron chi connectivity index (χ0n) is 22.7. The summed E-state index contributed by atoms with van der Waals surface area (Å²) in [6, 6.07) is 0. The molecule has 1 saturated heterocycles. The SMILES string of the molecule is C=CC1CCC(CCCCC2CCC(C3CCC(C4COC(CCC=C(F)F)OC4)CC3)CC2)CC1. The molecular weight excluding hydrogens is 454 g/mol. The summed E-state index contributed by atoms with van der Waals surface area (Å²) in [5, 5.41) is 0. The van der Waals surface area contributed by atoms with Gasteiger partial charge in [0.2, 0.25) is 0 Å². The van der Waals surface area contributed by atoms with Crippen LogP contribution in [0.15, 0.2) is 24.8 Å². The topological polar surface area (TPSA) is 18.5 Å². The first-order chi connectivity index (χ1) is 17.6. The van der Waals surface area contributed by atoms with Gasteiger partial charge in [-0.1, -0.05) is 44.6 Å². The Hall–Kier alpha value is -0.740. The van der Waals surface area contributed by atoms with Gasteiger partial charge < -0.3 is 9.47 Å². The first-order valence-corrected chi connectivity index (χ1v) is 15.5. The van der Waals surface area contributed by atoms with E-state index in [1.165, 1.54) is 103 Å². The smallest absolute Gasteiger partial charge is 0.266 e. The Morgan fingerprint density at radius 3 is 1.61 bits per heavy atom. The lowest BCUT2D eigenvalue weighted by Crippen LogP contribution is -2.38. The van der Waals surface area contributed by atoms with Crippen LogP contribution in [0.4, 0.5) is 8.78 Å². The Bertz CT molecular complexity index is 643. The van der Waals surface area contributed by atoms with Crippen molar-refractivity contribution in [2.75, 3.05) is 13.2 Å². The third-order valence-corrected chi connectivity index (χ3v) is 10.4. The van der Waals surface area contributed by atoms with Crippen molar-refractivity contribution in [2.45, 2.75) is 122 Å². The number of rotatable bonds is 11. The van der Waals surface area contributed by atoms with Crippen LogP contribution in [0.25, 0.3) is 0 Å². The van der Waals surface area contributed by atoms with Crippen LogP contribution in [-0.2, 0) is 9.47 Å². The van der Waals surface area contributed by atoms with E-state index in [0.717, 1.165) is 48.9 Å². The molecule has 0 spiro atoms. The molecule has 0 aromatic heterocycles. The van der Waals surface area contributed by atoms with Gasteiger partial charge in [0.25, 0.3) is 6.08 Å². The Labute approximate surface area is 219 Å². The highest BCUT2D eigenvalue weighted by molar-refractivity contribution is 4.86. The molecule has 4 heteroatoms. The molecule has 0 aromatic rings. The number of hydrogen-bond donors (Lipinski definition) is 0. The summed E-state index contributed by atoms with van der Waals surface area (Å²) in [6.07, 6.45) is 24.9. The first-order valence-electron chi connectivity index (χ1n) is 15.5. The van der Waals surface area contributed by atoms with Gasteiger partial charge in [-0.05, 0) is 112 Å². The van der Waals surface area contributed by atoms with Crippen molar-refractivity contribution < 1.29 is 18.3 Å². The highest BCUT2D eigenvalue weighted by atomic mass is 19.3. The molecule has 0 aromatic carbocycles. The maximum atomic E-state index is 12.2. The molecule has 0 N–H and O–H groups in total. The summed E-state index contributed by atoms with van der Waals surface area (Å²) in [4.78, 5) is 0. The minimum absolute atomic E-state index is 0.305. The van der Waals surface area contributed by atoms with E-state index in [-0.39, 0.29) is 6.29 Å². The third-order valence-electron chi connectivity index (χ3n) is 10.4. The highest BCUT2D eigenvalue weighted by Crippen LogP contribution is 2.44. The molecular formula is C32H52F2O2. The van der Waals surface area contributed by atoms with Crippen LogP contribution < -0.4 is 0 Å². The predicted molar refractivity (Wildman–Crippen MR) is 144 cm³/mol. The fourth-order valence-corrected chi connectivity index (χ4v) is 7.94. The maximum Gasteiger partial charge on any atom is 0.266 e. The Morgan fingerprint density at radius 1 is 0.639 bits per heavy atom. The summed E-state index contributed by atoms with van der Waals surface area (Å²) in [5.74, 6) is 5.90. The second-order valence-corrected chi connectivity index (χ2v) is 12.7. The van der Waals surface area contributed by atoms with E-state index in [4.69, 9.17) is 9.47 Å². The van der Waals surface area contributed by atoms with Crippen molar-refractivity contribution in [3.8, 4) is 0 Å². The quantitative estimate of drug-likeness (QED) is 0.205. The minimum atomic E-state index is -1.61. The van der Waals surface area contributed by atoms with E-state index in [0.29, 0.717) is 24.7 Å². The molecule has 4 aliphatic rings. The van der Waals surface area contributed by atoms with Crippen LogP contribution in [-0.4, -0.2) is 19.5 Å². The van der Waals surface area contributed by atoms with Crippen LogP contribution >= 0.6 is 0 Å². The van der Waals surface area contributed by atoms with E-state index in [9.17, 15) is 8.78 Å². The Morgan fingerprint density at radius 2 is 1.11 bits per heavy atom. The molecule has 2 nitrogen and oxygen atoms in total. The van der Waals surface area contributed by atoms with Crippen LogP contribution in [0.1, 0.15) is 116 Å². The van der Waals surface area contributed by atoms with Crippen molar-refractivity contribution in [3.05, 3.63) is 24.8 Å². The van der Waals surface area contributed by atoms with E-state index in [2.05, 4.69) is 12.7 Å². The van der Waals surface area contributed by atoms with Crippen LogP contribution in [0, 0.1) is 41.4 Å². The van der Waals surface area contributed by atoms with Crippen molar-refractivity contribution in [2.24, 2.45) is 41.4 Å². The second kappa shape index (κ2) is 15.0. The zero-order valence-corrected chi connectivity index (χ0v) is 22.7. The van der Waals surface area contributed by atoms with Crippen molar-refractivity contribution in [1.82, 2.24) is 0 Å². The van der Waals surface area contributed by atoms with Gasteiger partial charge in [-0.3, -0.25) is 0 Å². The lowest BCUT2D eigenvalue weighted by molar-refractivity contribution is -0.212. The standard InChI is InChI=1S/C32H52F2O2/c1-2-24-10-12-25(13-11-24)6-3-4-7-26-14-16-27(17-15-26)28-18-20-29(21-19-28)30-22-35-32(36-23-30)9-5-8-31(33)34/h2,8,24-30,32H,1,3-7,9-23H2. The van der Waals surface area contributed by atoms with Crippen LogP contribution in [0.3, 0.4) is 0 Å². The fourth-order valence-electron chi connectivity index (χ4n) is 7.94. The molecule has 3 aliphatic carbocycles. The van der Waals surface area contributed by atoms with Gasteiger partial charge in [0.1, 0.15) is 0 Å². The number of hydrogen-bond acceptors (Lipinski definition) is 2. The summed E-state index contributed by atoms with van der Waals surface area (Å²) in [7, 11) is 0. The molecule has 4 rings (SSSR count). The summed E-state index contributed by atoms with van der Waals surface area (Å²) in [5.41, 5.74) is 0. The largest absolute Gasteiger partial charge is 0.352 e. The molecule has 0 unspecified atom stereocenters.